The van der Waals surface area contributed by atoms with Crippen molar-refractivity contribution in [2.45, 2.75) is 43.9 Å². The van der Waals surface area contributed by atoms with E-state index < -0.39 is 0 Å². The third-order valence-electron chi connectivity index (χ3n) is 3.38. The molecule has 3 nitrogen and oxygen atoms in total. The predicted molar refractivity (Wildman–Crippen MR) is 74.3 cm³/mol. The summed E-state index contributed by atoms with van der Waals surface area (Å²) < 4.78 is 2.02. The molecule has 0 amide bonds. The Balaban J connectivity index is 2.09. The van der Waals surface area contributed by atoms with Crippen LogP contribution in [0.15, 0.2) is 12.3 Å². The van der Waals surface area contributed by atoms with Crippen LogP contribution in [0, 0.1) is 0 Å². The van der Waals surface area contributed by atoms with E-state index in [-0.39, 0.29) is 0 Å². The number of aryl methyl sites for hydroxylation is 1. The van der Waals surface area contributed by atoms with Crippen LogP contribution >= 0.6 is 11.8 Å². The maximum Gasteiger partial charge on any atom is 0.0612 e. The average Bonchev–Trinajstić information content (AvgIpc) is 2.78. The molecule has 0 radical (unpaired) electrons. The lowest BCUT2D eigenvalue weighted by Gasteiger charge is -2.30. The van der Waals surface area contributed by atoms with Gasteiger partial charge in [-0.3, -0.25) is 4.68 Å². The second-order valence-electron chi connectivity index (χ2n) is 4.72. The second-order valence-corrected chi connectivity index (χ2v) is 6.06. The van der Waals surface area contributed by atoms with Gasteiger partial charge in [0.1, 0.15) is 0 Å². The first kappa shape index (κ1) is 13.0. The molecule has 4 heteroatoms. The molecule has 2 atom stereocenters. The molecule has 96 valence electrons. The normalized spacial score (nSPS) is 22.6. The molecule has 1 aromatic rings. The SMILES string of the molecule is CCCNC(c1ccnn1C)C1CCCCS1. The van der Waals surface area contributed by atoms with E-state index in [4.69, 9.17) is 0 Å². The fraction of sp³-hybridized carbons (Fsp3) is 0.769. The molecule has 0 aromatic carbocycles. The molecule has 1 saturated heterocycles. The first-order valence-corrected chi connectivity index (χ1v) is 7.70. The first-order valence-electron chi connectivity index (χ1n) is 6.65. The summed E-state index contributed by atoms with van der Waals surface area (Å²) in [5, 5.41) is 8.72. The third-order valence-corrected chi connectivity index (χ3v) is 4.84. The highest BCUT2D eigenvalue weighted by Gasteiger charge is 2.26. The smallest absolute Gasteiger partial charge is 0.0612 e. The van der Waals surface area contributed by atoms with Gasteiger partial charge in [-0.25, -0.2) is 0 Å². The zero-order valence-corrected chi connectivity index (χ0v) is 11.7. The topological polar surface area (TPSA) is 29.9 Å². The highest BCUT2D eigenvalue weighted by Crippen LogP contribution is 2.34. The van der Waals surface area contributed by atoms with Crippen LogP contribution in [0.25, 0.3) is 0 Å². The van der Waals surface area contributed by atoms with Crippen molar-refractivity contribution in [3.05, 3.63) is 18.0 Å². The van der Waals surface area contributed by atoms with Crippen LogP contribution in [-0.2, 0) is 7.05 Å². The molecular formula is C13H23N3S. The van der Waals surface area contributed by atoms with Gasteiger partial charge in [-0.2, -0.15) is 16.9 Å². The van der Waals surface area contributed by atoms with Crippen LogP contribution in [-0.4, -0.2) is 27.3 Å². The molecule has 1 aromatic heterocycles. The first-order chi connectivity index (χ1) is 8.33. The number of hydrogen-bond acceptors (Lipinski definition) is 3. The fourth-order valence-corrected chi connectivity index (χ4v) is 3.88. The summed E-state index contributed by atoms with van der Waals surface area (Å²) in [4.78, 5) is 0. The Bertz CT molecular complexity index is 331. The minimum absolute atomic E-state index is 0.466. The summed E-state index contributed by atoms with van der Waals surface area (Å²) >= 11 is 2.13. The van der Waals surface area contributed by atoms with Crippen LogP contribution in [0.1, 0.15) is 44.3 Å². The van der Waals surface area contributed by atoms with Gasteiger partial charge in [0.15, 0.2) is 0 Å². The highest BCUT2D eigenvalue weighted by molar-refractivity contribution is 8.00. The Kier molecular flexibility index (Phi) is 4.92. The van der Waals surface area contributed by atoms with E-state index >= 15 is 0 Å². The maximum absolute atomic E-state index is 4.31. The quantitative estimate of drug-likeness (QED) is 0.875. The number of aromatic nitrogens is 2. The van der Waals surface area contributed by atoms with E-state index in [1.807, 2.05) is 17.9 Å². The van der Waals surface area contributed by atoms with Crippen LogP contribution in [0.4, 0.5) is 0 Å². The second kappa shape index (κ2) is 6.45. The number of thioether (sulfide) groups is 1. The van der Waals surface area contributed by atoms with Gasteiger partial charge >= 0.3 is 0 Å². The molecule has 17 heavy (non-hydrogen) atoms. The summed E-state index contributed by atoms with van der Waals surface area (Å²) in [6.07, 6.45) is 7.18. The lowest BCUT2D eigenvalue weighted by atomic mass is 10.0. The lowest BCUT2D eigenvalue weighted by Crippen LogP contribution is -2.33. The molecule has 2 rings (SSSR count). The Morgan fingerprint density at radius 3 is 3.06 bits per heavy atom. The number of hydrogen-bond donors (Lipinski definition) is 1. The molecule has 0 bridgehead atoms. The van der Waals surface area contributed by atoms with Gasteiger partial charge in [0.25, 0.3) is 0 Å². The third kappa shape index (κ3) is 3.26. The van der Waals surface area contributed by atoms with Gasteiger partial charge in [-0.05, 0) is 37.6 Å². The Morgan fingerprint density at radius 2 is 2.47 bits per heavy atom. The molecule has 2 unspecified atom stereocenters. The van der Waals surface area contributed by atoms with Gasteiger partial charge < -0.3 is 5.32 Å². The minimum atomic E-state index is 0.466. The van der Waals surface area contributed by atoms with E-state index in [2.05, 4.69) is 35.2 Å². The zero-order valence-electron chi connectivity index (χ0n) is 10.9. The summed E-state index contributed by atoms with van der Waals surface area (Å²) in [5.41, 5.74) is 1.33. The average molecular weight is 253 g/mol. The van der Waals surface area contributed by atoms with E-state index in [0.29, 0.717) is 11.3 Å². The summed E-state index contributed by atoms with van der Waals surface area (Å²) in [6, 6.07) is 2.62. The fourth-order valence-electron chi connectivity index (χ4n) is 2.44. The monoisotopic (exact) mass is 253 g/mol. The Hall–Kier alpha value is -0.480. The minimum Gasteiger partial charge on any atom is -0.308 e. The predicted octanol–water partition coefficient (Wildman–Crippen LogP) is 2.75. The molecular weight excluding hydrogens is 230 g/mol. The van der Waals surface area contributed by atoms with Gasteiger partial charge in [0, 0.05) is 18.5 Å². The van der Waals surface area contributed by atoms with Gasteiger partial charge in [0.05, 0.1) is 11.7 Å². The van der Waals surface area contributed by atoms with Gasteiger partial charge in [-0.15, -0.1) is 0 Å². The van der Waals surface area contributed by atoms with Crippen molar-refractivity contribution < 1.29 is 0 Å². The van der Waals surface area contributed by atoms with Crippen LogP contribution < -0.4 is 5.32 Å². The van der Waals surface area contributed by atoms with Crippen molar-refractivity contribution in [1.29, 1.82) is 0 Å². The van der Waals surface area contributed by atoms with Crippen molar-refractivity contribution in [2.75, 3.05) is 12.3 Å². The molecule has 0 spiro atoms. The number of nitrogens with one attached hydrogen (secondary N) is 1. The molecule has 0 aliphatic carbocycles. The van der Waals surface area contributed by atoms with E-state index in [1.54, 1.807) is 0 Å². The number of nitrogens with zero attached hydrogens (tertiary/aromatic N) is 2. The zero-order chi connectivity index (χ0) is 12.1. The summed E-state index contributed by atoms with van der Waals surface area (Å²) in [7, 11) is 2.05. The van der Waals surface area contributed by atoms with Crippen LogP contribution in [0.2, 0.25) is 0 Å². The van der Waals surface area contributed by atoms with Crippen LogP contribution in [0.5, 0.6) is 0 Å². The van der Waals surface area contributed by atoms with Crippen LogP contribution in [0.3, 0.4) is 0 Å². The Morgan fingerprint density at radius 1 is 1.59 bits per heavy atom. The molecule has 1 aliphatic heterocycles. The van der Waals surface area contributed by atoms with Crippen molar-refractivity contribution in [1.82, 2.24) is 15.1 Å². The van der Waals surface area contributed by atoms with Crippen molar-refractivity contribution in [2.24, 2.45) is 7.05 Å². The van der Waals surface area contributed by atoms with E-state index in [0.717, 1.165) is 6.54 Å². The van der Waals surface area contributed by atoms with E-state index in [1.165, 1.54) is 37.1 Å². The van der Waals surface area contributed by atoms with Gasteiger partial charge in [-0.1, -0.05) is 13.3 Å². The molecule has 0 saturated carbocycles. The molecule has 1 fully saturated rings. The van der Waals surface area contributed by atoms with Gasteiger partial charge in [0.2, 0.25) is 0 Å². The Labute approximate surface area is 108 Å². The number of rotatable bonds is 5. The lowest BCUT2D eigenvalue weighted by molar-refractivity contribution is 0.453. The van der Waals surface area contributed by atoms with Crippen molar-refractivity contribution in [3.63, 3.8) is 0 Å². The largest absolute Gasteiger partial charge is 0.308 e. The van der Waals surface area contributed by atoms with Crippen molar-refractivity contribution in [3.8, 4) is 0 Å². The van der Waals surface area contributed by atoms with Crippen molar-refractivity contribution >= 4 is 11.8 Å². The van der Waals surface area contributed by atoms with E-state index in [9.17, 15) is 0 Å². The maximum atomic E-state index is 4.31. The highest BCUT2D eigenvalue weighted by atomic mass is 32.2. The summed E-state index contributed by atoms with van der Waals surface area (Å²) in [6.45, 7) is 3.31. The summed E-state index contributed by atoms with van der Waals surface area (Å²) in [5.74, 6) is 1.31. The molecule has 1 N–H and O–H groups in total. The standard InChI is InChI=1S/C13H23N3S/c1-3-8-14-13(11-7-9-15-16(11)2)12-6-4-5-10-17-12/h7,9,12-14H,3-6,8,10H2,1-2H3. The molecule has 2 heterocycles. The molecule has 1 aliphatic rings.